The molecular weight excluding hydrogens is 434 g/mol. The number of benzene rings is 3. The number of carbonyl (C=O) groups is 1. The molecule has 1 atom stereocenters. The van der Waals surface area contributed by atoms with E-state index in [9.17, 15) is 15.0 Å². The Kier molecular flexibility index (Phi) is 6.86. The molecule has 4 rings (SSSR count). The van der Waals surface area contributed by atoms with Crippen LogP contribution in [0.15, 0.2) is 65.1 Å². The van der Waals surface area contributed by atoms with E-state index in [1.807, 2.05) is 49.4 Å². The largest absolute Gasteiger partial charge is 0.497 e. The van der Waals surface area contributed by atoms with Crippen LogP contribution >= 0.6 is 0 Å². The summed E-state index contributed by atoms with van der Waals surface area (Å²) in [5.74, 6) is 0.839. The predicted octanol–water partition coefficient (Wildman–Crippen LogP) is 4.44. The summed E-state index contributed by atoms with van der Waals surface area (Å²) in [4.78, 5) is 11.3. The minimum absolute atomic E-state index is 0.150. The lowest BCUT2D eigenvalue weighted by Gasteiger charge is -2.12. The van der Waals surface area contributed by atoms with Crippen LogP contribution in [-0.2, 0) is 24.2 Å². The van der Waals surface area contributed by atoms with Crippen LogP contribution in [-0.4, -0.2) is 29.5 Å². The summed E-state index contributed by atoms with van der Waals surface area (Å²) in [6, 6.07) is 19.0. The van der Waals surface area contributed by atoms with Crippen LogP contribution in [0.25, 0.3) is 22.1 Å². The second-order valence-electron chi connectivity index (χ2n) is 8.15. The van der Waals surface area contributed by atoms with Crippen molar-refractivity contribution in [3.63, 3.8) is 0 Å². The Morgan fingerprint density at radius 3 is 2.62 bits per heavy atom. The highest BCUT2D eigenvalue weighted by atomic mass is 16.5. The molecule has 0 saturated heterocycles. The van der Waals surface area contributed by atoms with Gasteiger partial charge >= 0.3 is 5.97 Å². The van der Waals surface area contributed by atoms with E-state index in [1.165, 1.54) is 0 Å². The minimum Gasteiger partial charge on any atom is -0.497 e. The zero-order chi connectivity index (χ0) is 24.2. The number of methoxy groups -OCH3 is 1. The maximum Gasteiger partial charge on any atom is 0.307 e. The van der Waals surface area contributed by atoms with Gasteiger partial charge < -0.3 is 29.8 Å². The Morgan fingerprint density at radius 2 is 1.88 bits per heavy atom. The number of ether oxygens (including phenoxy) is 2. The van der Waals surface area contributed by atoms with E-state index >= 15 is 0 Å². The summed E-state index contributed by atoms with van der Waals surface area (Å²) in [5.41, 5.74) is 10.7. The normalized spacial score (nSPS) is 12.0. The molecule has 0 amide bonds. The highest BCUT2D eigenvalue weighted by molar-refractivity contribution is 5.87. The van der Waals surface area contributed by atoms with Crippen LogP contribution in [0.3, 0.4) is 0 Å². The van der Waals surface area contributed by atoms with Crippen molar-refractivity contribution in [2.75, 3.05) is 7.11 Å². The molecule has 176 valence electrons. The predicted molar refractivity (Wildman–Crippen MR) is 129 cm³/mol. The molecule has 0 spiro atoms. The van der Waals surface area contributed by atoms with Gasteiger partial charge in [0.05, 0.1) is 13.5 Å². The van der Waals surface area contributed by atoms with Crippen LogP contribution in [0.1, 0.15) is 22.5 Å². The molecule has 3 aromatic carbocycles. The number of hydrogen-bond acceptors (Lipinski definition) is 6. The zero-order valence-electron chi connectivity index (χ0n) is 19.1. The van der Waals surface area contributed by atoms with Crippen LogP contribution in [0.2, 0.25) is 0 Å². The van der Waals surface area contributed by atoms with Gasteiger partial charge in [-0.05, 0) is 41.8 Å². The van der Waals surface area contributed by atoms with E-state index in [4.69, 9.17) is 19.6 Å². The molecule has 0 fully saturated rings. The Hall–Kier alpha value is -3.81. The highest BCUT2D eigenvalue weighted by Gasteiger charge is 2.16. The first-order valence-electron chi connectivity index (χ1n) is 10.9. The van der Waals surface area contributed by atoms with Gasteiger partial charge in [0.25, 0.3) is 0 Å². The number of aryl methyl sites for hydroxylation is 1. The van der Waals surface area contributed by atoms with Gasteiger partial charge in [-0.25, -0.2) is 0 Å². The van der Waals surface area contributed by atoms with E-state index in [1.54, 1.807) is 25.3 Å². The molecule has 0 unspecified atom stereocenters. The van der Waals surface area contributed by atoms with Gasteiger partial charge in [0.2, 0.25) is 0 Å². The fourth-order valence-corrected chi connectivity index (χ4v) is 4.00. The number of hydrogen-bond donors (Lipinski definition) is 3. The van der Waals surface area contributed by atoms with Crippen molar-refractivity contribution in [1.29, 1.82) is 0 Å². The molecule has 0 aliphatic rings. The van der Waals surface area contributed by atoms with E-state index in [2.05, 4.69) is 0 Å². The molecule has 1 heterocycles. The third-order valence-electron chi connectivity index (χ3n) is 5.69. The van der Waals surface area contributed by atoms with Gasteiger partial charge in [0, 0.05) is 29.0 Å². The van der Waals surface area contributed by atoms with Gasteiger partial charge in [0.1, 0.15) is 35.7 Å². The summed E-state index contributed by atoms with van der Waals surface area (Å²) in [6.45, 7) is 2.09. The molecule has 0 saturated carbocycles. The molecule has 0 aliphatic carbocycles. The number of aliphatic hydroxyl groups is 1. The molecule has 1 aromatic heterocycles. The molecular formula is C27H27NO6. The lowest BCUT2D eigenvalue weighted by molar-refractivity contribution is -0.136. The van der Waals surface area contributed by atoms with Gasteiger partial charge in [0.15, 0.2) is 0 Å². The maximum atomic E-state index is 11.3. The van der Waals surface area contributed by atoms with Crippen LogP contribution in [0, 0.1) is 6.92 Å². The molecule has 0 bridgehead atoms. The fraction of sp³-hybridized carbons (Fsp3) is 0.222. The average Bonchev–Trinajstić information content (AvgIpc) is 3.12. The van der Waals surface area contributed by atoms with E-state index < -0.39 is 12.2 Å². The third-order valence-corrected chi connectivity index (χ3v) is 5.69. The third kappa shape index (κ3) is 5.22. The Morgan fingerprint density at radius 1 is 1.09 bits per heavy atom. The van der Waals surface area contributed by atoms with Crippen molar-refractivity contribution >= 4 is 16.9 Å². The number of aliphatic hydroxyl groups excluding tert-OH is 1. The Bertz CT molecular complexity index is 1320. The lowest BCUT2D eigenvalue weighted by Crippen LogP contribution is -2.21. The standard InChI is InChI=1S/C27H27NO6/c1-16-23(15-33-25-14-21(32-2)8-6-20(25)13-27(30)31)22-12-19(7-9-24(22)34-16)18-5-3-4-17(10-18)11-26(28)29/h3-10,12,14,26,29H,11,13,15,28H2,1-2H3,(H,30,31)/t26-/m0/s1. The number of carboxylic acid groups (broad SMARTS) is 1. The zero-order valence-corrected chi connectivity index (χ0v) is 19.1. The summed E-state index contributed by atoms with van der Waals surface area (Å²) in [6.07, 6.45) is -0.678. The van der Waals surface area contributed by atoms with Gasteiger partial charge in [-0.15, -0.1) is 0 Å². The molecule has 34 heavy (non-hydrogen) atoms. The van der Waals surface area contributed by atoms with E-state index in [0.29, 0.717) is 23.5 Å². The highest BCUT2D eigenvalue weighted by Crippen LogP contribution is 2.33. The monoisotopic (exact) mass is 461 g/mol. The fourth-order valence-electron chi connectivity index (χ4n) is 4.00. The summed E-state index contributed by atoms with van der Waals surface area (Å²) >= 11 is 0. The maximum absolute atomic E-state index is 11.3. The van der Waals surface area contributed by atoms with Crippen LogP contribution in [0.5, 0.6) is 11.5 Å². The molecule has 0 radical (unpaired) electrons. The smallest absolute Gasteiger partial charge is 0.307 e. The average molecular weight is 462 g/mol. The van der Waals surface area contributed by atoms with Crippen molar-refractivity contribution in [3.8, 4) is 22.6 Å². The van der Waals surface area contributed by atoms with Crippen molar-refractivity contribution in [3.05, 3.63) is 83.1 Å². The second-order valence-corrected chi connectivity index (χ2v) is 8.15. The number of aliphatic carboxylic acids is 1. The Balaban J connectivity index is 1.66. The lowest BCUT2D eigenvalue weighted by atomic mass is 9.99. The number of rotatable bonds is 9. The molecule has 4 aromatic rings. The van der Waals surface area contributed by atoms with E-state index in [-0.39, 0.29) is 13.0 Å². The molecule has 7 heteroatoms. The Labute approximate surface area is 197 Å². The first kappa shape index (κ1) is 23.4. The van der Waals surface area contributed by atoms with Crippen molar-refractivity contribution in [1.82, 2.24) is 0 Å². The summed E-state index contributed by atoms with van der Waals surface area (Å²) < 4.78 is 17.3. The van der Waals surface area contributed by atoms with Crippen molar-refractivity contribution < 1.29 is 28.9 Å². The van der Waals surface area contributed by atoms with Gasteiger partial charge in [-0.2, -0.15) is 0 Å². The quantitative estimate of drug-likeness (QED) is 0.316. The van der Waals surface area contributed by atoms with Crippen molar-refractivity contribution in [2.24, 2.45) is 5.73 Å². The van der Waals surface area contributed by atoms with Gasteiger partial charge in [-0.1, -0.05) is 36.4 Å². The SMILES string of the molecule is COc1ccc(CC(=O)O)c(OCc2c(C)oc3ccc(-c4cccc(C[C@@H](N)O)c4)cc23)c1. The van der Waals surface area contributed by atoms with Crippen LogP contribution in [0.4, 0.5) is 0 Å². The number of nitrogens with two attached hydrogens (primary N) is 1. The molecule has 7 nitrogen and oxygen atoms in total. The van der Waals surface area contributed by atoms with E-state index in [0.717, 1.165) is 39.0 Å². The summed E-state index contributed by atoms with van der Waals surface area (Å²) in [5, 5.41) is 19.7. The number of fused-ring (bicyclic) bond motifs is 1. The number of carboxylic acids is 1. The molecule has 0 aliphatic heterocycles. The van der Waals surface area contributed by atoms with Crippen molar-refractivity contribution in [2.45, 2.75) is 32.6 Å². The van der Waals surface area contributed by atoms with Gasteiger partial charge in [-0.3, -0.25) is 4.79 Å². The molecule has 4 N–H and O–H groups in total. The first-order chi connectivity index (χ1) is 16.3. The van der Waals surface area contributed by atoms with Crippen LogP contribution < -0.4 is 15.2 Å². The first-order valence-corrected chi connectivity index (χ1v) is 10.9. The second kappa shape index (κ2) is 9.99. The topological polar surface area (TPSA) is 115 Å². The minimum atomic E-state index is -0.936. The number of furan rings is 1. The summed E-state index contributed by atoms with van der Waals surface area (Å²) in [7, 11) is 1.55.